The molecule has 3 aromatic rings. The molecule has 1 fully saturated rings. The van der Waals surface area contributed by atoms with E-state index in [2.05, 4.69) is 35.0 Å². The molecule has 118 valence electrons. The van der Waals surface area contributed by atoms with E-state index < -0.39 is 0 Å². The molecule has 0 atom stereocenters. The largest absolute Gasteiger partial charge is 0.492 e. The van der Waals surface area contributed by atoms with Crippen molar-refractivity contribution in [1.82, 2.24) is 4.57 Å². The Bertz CT molecular complexity index is 775. The number of benzene rings is 2. The van der Waals surface area contributed by atoms with Crippen LogP contribution in [0.5, 0.6) is 5.75 Å². The van der Waals surface area contributed by atoms with Gasteiger partial charge in [0.2, 0.25) is 0 Å². The van der Waals surface area contributed by atoms with Gasteiger partial charge in [-0.15, -0.1) is 0 Å². The summed E-state index contributed by atoms with van der Waals surface area (Å²) in [5, 5.41) is 1.44. The summed E-state index contributed by atoms with van der Waals surface area (Å²) >= 11 is 0. The van der Waals surface area contributed by atoms with Crippen LogP contribution in [0.2, 0.25) is 0 Å². The quantitative estimate of drug-likeness (QED) is 0.631. The third-order valence-corrected chi connectivity index (χ3v) is 6.95. The summed E-state index contributed by atoms with van der Waals surface area (Å²) in [6, 6.07) is 18.9. The minimum absolute atomic E-state index is 0.452. The minimum Gasteiger partial charge on any atom is -0.492 e. The van der Waals surface area contributed by atoms with Crippen LogP contribution in [0.25, 0.3) is 10.9 Å². The van der Waals surface area contributed by atoms with E-state index in [-0.39, 0.29) is 0 Å². The van der Waals surface area contributed by atoms with E-state index in [1.54, 1.807) is 4.90 Å². The topological polar surface area (TPSA) is 14.2 Å². The molecule has 3 heteroatoms. The average Bonchev–Trinajstić information content (AvgIpc) is 3.24. The summed E-state index contributed by atoms with van der Waals surface area (Å²) in [7, 11) is 0.452. The highest BCUT2D eigenvalue weighted by Crippen LogP contribution is 2.31. The summed E-state index contributed by atoms with van der Waals surface area (Å²) in [5.74, 6) is 3.69. The van der Waals surface area contributed by atoms with Gasteiger partial charge in [-0.1, -0.05) is 30.3 Å². The van der Waals surface area contributed by atoms with Crippen molar-refractivity contribution < 1.29 is 4.74 Å². The Morgan fingerprint density at radius 1 is 0.913 bits per heavy atom. The van der Waals surface area contributed by atoms with Crippen molar-refractivity contribution in [3.63, 3.8) is 0 Å². The lowest BCUT2D eigenvalue weighted by molar-refractivity contribution is 0.300. The van der Waals surface area contributed by atoms with Crippen molar-refractivity contribution in [2.45, 2.75) is 24.3 Å². The first-order valence-corrected chi connectivity index (χ1v) is 9.91. The molecule has 0 aliphatic carbocycles. The highest BCUT2D eigenvalue weighted by atomic mass is 32.2. The number of fused-ring (bicyclic) bond motifs is 1. The molecule has 2 heterocycles. The van der Waals surface area contributed by atoms with E-state index in [0.717, 1.165) is 12.3 Å². The second kappa shape index (κ2) is 6.71. The lowest BCUT2D eigenvalue weighted by Gasteiger charge is -2.07. The monoisotopic (exact) mass is 324 g/mol. The molecule has 0 N–H and O–H groups in total. The van der Waals surface area contributed by atoms with Crippen molar-refractivity contribution in [2.75, 3.05) is 18.1 Å². The van der Waals surface area contributed by atoms with Gasteiger partial charge in [0.25, 0.3) is 0 Å². The Hall–Kier alpha value is -1.87. The molecule has 0 radical (unpaired) electrons. The normalized spacial score (nSPS) is 15.3. The molecule has 1 aromatic heterocycles. The summed E-state index contributed by atoms with van der Waals surface area (Å²) < 4.78 is 8.25. The summed E-state index contributed by atoms with van der Waals surface area (Å²) in [4.78, 5) is 1.57. The molecule has 23 heavy (non-hydrogen) atoms. The maximum Gasteiger partial charge on any atom is 0.180 e. The molecule has 0 bridgehead atoms. The van der Waals surface area contributed by atoms with Crippen molar-refractivity contribution in [1.29, 1.82) is 0 Å². The summed E-state index contributed by atoms with van der Waals surface area (Å²) in [6.07, 6.45) is 5.16. The number of ether oxygens (including phenoxy) is 1. The van der Waals surface area contributed by atoms with Gasteiger partial charge < -0.3 is 9.30 Å². The van der Waals surface area contributed by atoms with Crippen LogP contribution in [0.15, 0.2) is 65.7 Å². The molecule has 4 rings (SSSR count). The number of hydrogen-bond donors (Lipinski definition) is 0. The maximum absolute atomic E-state index is 5.88. The number of nitrogens with zero attached hydrogens (tertiary/aromatic N) is 1. The number of rotatable bonds is 5. The van der Waals surface area contributed by atoms with Crippen LogP contribution in [0.4, 0.5) is 0 Å². The Balaban J connectivity index is 1.55. The Labute approximate surface area is 140 Å². The van der Waals surface area contributed by atoms with E-state index in [1.807, 2.05) is 30.3 Å². The first-order chi connectivity index (χ1) is 11.4. The second-order valence-corrected chi connectivity index (χ2v) is 8.22. The number of hydrogen-bond acceptors (Lipinski definition) is 1. The van der Waals surface area contributed by atoms with Crippen molar-refractivity contribution in [3.05, 3.63) is 60.8 Å². The molecule has 0 amide bonds. The molecule has 2 aromatic carbocycles. The molecule has 1 aliphatic heterocycles. The van der Waals surface area contributed by atoms with E-state index in [9.17, 15) is 0 Å². The van der Waals surface area contributed by atoms with Gasteiger partial charge in [-0.2, -0.15) is 0 Å². The fourth-order valence-corrected chi connectivity index (χ4v) is 5.79. The number of aromatic nitrogens is 1. The minimum atomic E-state index is 0.452. The van der Waals surface area contributed by atoms with Crippen molar-refractivity contribution >= 4 is 21.8 Å². The first-order valence-electron chi connectivity index (χ1n) is 8.35. The van der Waals surface area contributed by atoms with E-state index >= 15 is 0 Å². The molecule has 1 aliphatic rings. The van der Waals surface area contributed by atoms with Crippen LogP contribution in [0.3, 0.4) is 0 Å². The summed E-state index contributed by atoms with van der Waals surface area (Å²) in [5.41, 5.74) is 1.35. The Kier molecular flexibility index (Phi) is 4.29. The standard InChI is InChI=1S/C20H22NOS/c1-2-8-17(9-3-1)22-13-12-21-16-20(23-14-6-7-15-23)18-10-4-5-11-19(18)21/h1-5,8-11,16H,6-7,12-15H2/q+1. The van der Waals surface area contributed by atoms with Crippen LogP contribution in [0.1, 0.15) is 12.8 Å². The van der Waals surface area contributed by atoms with Crippen LogP contribution >= 0.6 is 0 Å². The third-order valence-electron chi connectivity index (χ3n) is 4.44. The lowest BCUT2D eigenvalue weighted by atomic mass is 10.2. The van der Waals surface area contributed by atoms with E-state index in [0.29, 0.717) is 17.5 Å². The Morgan fingerprint density at radius 3 is 2.48 bits per heavy atom. The molecule has 1 saturated heterocycles. The molecular weight excluding hydrogens is 302 g/mol. The van der Waals surface area contributed by atoms with Gasteiger partial charge in [-0.3, -0.25) is 0 Å². The smallest absolute Gasteiger partial charge is 0.180 e. The fourth-order valence-electron chi connectivity index (χ4n) is 3.28. The highest BCUT2D eigenvalue weighted by Gasteiger charge is 2.30. The van der Waals surface area contributed by atoms with E-state index in [1.165, 1.54) is 35.3 Å². The highest BCUT2D eigenvalue weighted by molar-refractivity contribution is 7.97. The van der Waals surface area contributed by atoms with Gasteiger partial charge in [-0.05, 0) is 37.1 Å². The zero-order chi connectivity index (χ0) is 15.5. The fraction of sp³-hybridized carbons (Fsp3) is 0.300. The lowest BCUT2D eigenvalue weighted by Crippen LogP contribution is -2.07. The third kappa shape index (κ3) is 3.11. The van der Waals surface area contributed by atoms with Crippen LogP contribution in [-0.4, -0.2) is 22.7 Å². The van der Waals surface area contributed by atoms with Gasteiger partial charge in [0.1, 0.15) is 23.9 Å². The predicted molar refractivity (Wildman–Crippen MR) is 98.5 cm³/mol. The second-order valence-electron chi connectivity index (χ2n) is 5.97. The van der Waals surface area contributed by atoms with Crippen LogP contribution < -0.4 is 4.74 Å². The number of para-hydroxylation sites is 2. The first kappa shape index (κ1) is 14.7. The van der Waals surface area contributed by atoms with Gasteiger partial charge in [0.15, 0.2) is 4.90 Å². The van der Waals surface area contributed by atoms with Crippen LogP contribution in [0, 0.1) is 0 Å². The summed E-state index contributed by atoms with van der Waals surface area (Å²) in [6.45, 7) is 1.60. The van der Waals surface area contributed by atoms with Gasteiger partial charge >= 0.3 is 0 Å². The maximum atomic E-state index is 5.88. The van der Waals surface area contributed by atoms with E-state index in [4.69, 9.17) is 4.74 Å². The SMILES string of the molecule is c1ccc(OCCn2cc([S+]3CCCC3)c3ccccc32)cc1. The molecule has 0 spiro atoms. The van der Waals surface area contributed by atoms with Crippen molar-refractivity contribution in [3.8, 4) is 5.75 Å². The average molecular weight is 324 g/mol. The molecule has 2 nitrogen and oxygen atoms in total. The predicted octanol–water partition coefficient (Wildman–Crippen LogP) is 4.49. The zero-order valence-corrected chi connectivity index (χ0v) is 14.1. The molecular formula is C20H22NOS+. The van der Waals surface area contributed by atoms with Gasteiger partial charge in [-0.25, -0.2) is 0 Å². The van der Waals surface area contributed by atoms with Crippen molar-refractivity contribution in [2.24, 2.45) is 0 Å². The van der Waals surface area contributed by atoms with Gasteiger partial charge in [0, 0.05) is 10.9 Å². The van der Waals surface area contributed by atoms with Gasteiger partial charge in [0.05, 0.1) is 23.6 Å². The Morgan fingerprint density at radius 2 is 1.65 bits per heavy atom. The zero-order valence-electron chi connectivity index (χ0n) is 13.3. The molecule has 0 unspecified atom stereocenters. The van der Waals surface area contributed by atoms with Crippen LogP contribution in [-0.2, 0) is 17.4 Å². The molecule has 0 saturated carbocycles.